The molecule has 25 heavy (non-hydrogen) atoms. The van der Waals surface area contributed by atoms with Crippen LogP contribution in [0.4, 0.5) is 0 Å². The maximum absolute atomic E-state index is 13.0. The second-order valence-corrected chi connectivity index (χ2v) is 6.92. The number of amides is 1. The molecule has 2 unspecified atom stereocenters. The number of carbonyl (C=O) groups excluding carboxylic acids is 1. The van der Waals surface area contributed by atoms with Crippen molar-refractivity contribution >= 4 is 11.9 Å². The van der Waals surface area contributed by atoms with Crippen LogP contribution < -0.4 is 0 Å². The number of para-hydroxylation sites is 1. The quantitative estimate of drug-likeness (QED) is 0.933. The van der Waals surface area contributed by atoms with Crippen molar-refractivity contribution in [2.45, 2.75) is 27.2 Å². The van der Waals surface area contributed by atoms with Crippen molar-refractivity contribution in [3.8, 4) is 5.69 Å². The molecule has 0 saturated carbocycles. The summed E-state index contributed by atoms with van der Waals surface area (Å²) in [4.78, 5) is 26.1. The standard InChI is InChI=1S/C20H24N2O3/c1-13-12-21(10-9-17(13)20(24)25)19(23)18-11-14(2)22(15(18)3)16-7-5-4-6-8-16/h4-8,11,13,17H,9-10,12H2,1-3H3,(H,24,25). The number of rotatable bonds is 3. The van der Waals surface area contributed by atoms with Crippen LogP contribution in [-0.4, -0.2) is 39.5 Å². The number of carboxylic acids is 1. The molecule has 132 valence electrons. The van der Waals surface area contributed by atoms with Gasteiger partial charge in [0.15, 0.2) is 0 Å². The van der Waals surface area contributed by atoms with E-state index in [1.54, 1.807) is 4.90 Å². The van der Waals surface area contributed by atoms with Gasteiger partial charge in [-0.3, -0.25) is 9.59 Å². The van der Waals surface area contributed by atoms with Crippen LogP contribution in [0.3, 0.4) is 0 Å². The van der Waals surface area contributed by atoms with Crippen molar-refractivity contribution in [2.75, 3.05) is 13.1 Å². The molecule has 1 aliphatic heterocycles. The number of piperidine rings is 1. The van der Waals surface area contributed by atoms with E-state index in [1.165, 1.54) is 0 Å². The van der Waals surface area contributed by atoms with Gasteiger partial charge in [0.2, 0.25) is 0 Å². The van der Waals surface area contributed by atoms with E-state index in [9.17, 15) is 14.7 Å². The number of hydrogen-bond donors (Lipinski definition) is 1. The van der Waals surface area contributed by atoms with E-state index < -0.39 is 5.97 Å². The lowest BCUT2D eigenvalue weighted by Crippen LogP contribution is -2.45. The molecule has 2 heterocycles. The average molecular weight is 340 g/mol. The van der Waals surface area contributed by atoms with Crippen LogP contribution in [0.1, 0.15) is 35.1 Å². The number of aliphatic carboxylic acids is 1. The summed E-state index contributed by atoms with van der Waals surface area (Å²) in [5.74, 6) is -1.17. The van der Waals surface area contributed by atoms with E-state index in [0.29, 0.717) is 25.1 Å². The molecule has 1 N–H and O–H groups in total. The molecule has 0 spiro atoms. The maximum Gasteiger partial charge on any atom is 0.306 e. The molecule has 1 amide bonds. The zero-order chi connectivity index (χ0) is 18.1. The zero-order valence-electron chi connectivity index (χ0n) is 14.9. The maximum atomic E-state index is 13.0. The molecule has 0 aliphatic carbocycles. The number of likely N-dealkylation sites (tertiary alicyclic amines) is 1. The van der Waals surface area contributed by atoms with Crippen LogP contribution in [-0.2, 0) is 4.79 Å². The fraction of sp³-hybridized carbons (Fsp3) is 0.400. The molecule has 0 bridgehead atoms. The van der Waals surface area contributed by atoms with Gasteiger partial charge in [-0.15, -0.1) is 0 Å². The normalized spacial score (nSPS) is 20.5. The summed E-state index contributed by atoms with van der Waals surface area (Å²) in [6.45, 7) is 6.85. The summed E-state index contributed by atoms with van der Waals surface area (Å²) in [6.07, 6.45) is 0.514. The third-order valence-corrected chi connectivity index (χ3v) is 5.19. The van der Waals surface area contributed by atoms with E-state index in [-0.39, 0.29) is 17.7 Å². The number of aromatic nitrogens is 1. The number of benzene rings is 1. The van der Waals surface area contributed by atoms with Crippen LogP contribution in [0.15, 0.2) is 36.4 Å². The minimum Gasteiger partial charge on any atom is -0.481 e. The Morgan fingerprint density at radius 3 is 2.44 bits per heavy atom. The number of carbonyl (C=O) groups is 2. The second-order valence-electron chi connectivity index (χ2n) is 6.92. The summed E-state index contributed by atoms with van der Waals surface area (Å²) in [5, 5.41) is 9.25. The highest BCUT2D eigenvalue weighted by Gasteiger charge is 2.34. The van der Waals surface area contributed by atoms with Gasteiger partial charge < -0.3 is 14.6 Å². The largest absolute Gasteiger partial charge is 0.481 e. The van der Waals surface area contributed by atoms with E-state index in [1.807, 2.05) is 57.2 Å². The van der Waals surface area contributed by atoms with E-state index in [4.69, 9.17) is 0 Å². The molecule has 3 rings (SSSR count). The van der Waals surface area contributed by atoms with Crippen LogP contribution in [0, 0.1) is 25.7 Å². The van der Waals surface area contributed by atoms with Gasteiger partial charge in [0, 0.05) is 30.2 Å². The van der Waals surface area contributed by atoms with Crippen LogP contribution in [0.5, 0.6) is 0 Å². The fourth-order valence-corrected chi connectivity index (χ4v) is 3.82. The van der Waals surface area contributed by atoms with Crippen molar-refractivity contribution in [3.63, 3.8) is 0 Å². The van der Waals surface area contributed by atoms with Gasteiger partial charge in [-0.2, -0.15) is 0 Å². The first-order valence-electron chi connectivity index (χ1n) is 8.66. The van der Waals surface area contributed by atoms with Gasteiger partial charge in [0.05, 0.1) is 11.5 Å². The third-order valence-electron chi connectivity index (χ3n) is 5.19. The molecule has 1 saturated heterocycles. The van der Waals surface area contributed by atoms with Crippen molar-refractivity contribution in [3.05, 3.63) is 53.3 Å². The summed E-state index contributed by atoms with van der Waals surface area (Å²) in [7, 11) is 0. The van der Waals surface area contributed by atoms with E-state index in [0.717, 1.165) is 17.1 Å². The van der Waals surface area contributed by atoms with Gasteiger partial charge >= 0.3 is 5.97 Å². The van der Waals surface area contributed by atoms with Crippen LogP contribution in [0.2, 0.25) is 0 Å². The van der Waals surface area contributed by atoms with E-state index in [2.05, 4.69) is 4.57 Å². The summed E-state index contributed by atoms with van der Waals surface area (Å²) >= 11 is 0. The number of nitrogens with zero attached hydrogens (tertiary/aromatic N) is 2. The molecule has 1 aromatic heterocycles. The molecular weight excluding hydrogens is 316 g/mol. The van der Waals surface area contributed by atoms with Crippen molar-refractivity contribution < 1.29 is 14.7 Å². The number of aryl methyl sites for hydroxylation is 1. The molecule has 2 aromatic rings. The Kier molecular flexibility index (Phi) is 4.66. The lowest BCUT2D eigenvalue weighted by molar-refractivity contribution is -0.145. The zero-order valence-corrected chi connectivity index (χ0v) is 14.9. The highest BCUT2D eigenvalue weighted by Crippen LogP contribution is 2.27. The lowest BCUT2D eigenvalue weighted by Gasteiger charge is -2.35. The third kappa shape index (κ3) is 3.18. The Morgan fingerprint density at radius 1 is 1.16 bits per heavy atom. The molecule has 5 heteroatoms. The van der Waals surface area contributed by atoms with Crippen molar-refractivity contribution in [2.24, 2.45) is 11.8 Å². The first kappa shape index (κ1) is 17.3. The topological polar surface area (TPSA) is 62.5 Å². The predicted molar refractivity (Wildman–Crippen MR) is 96.1 cm³/mol. The van der Waals surface area contributed by atoms with Crippen molar-refractivity contribution in [1.82, 2.24) is 9.47 Å². The first-order chi connectivity index (χ1) is 11.9. The molecule has 2 atom stereocenters. The Morgan fingerprint density at radius 2 is 1.84 bits per heavy atom. The fourth-order valence-electron chi connectivity index (χ4n) is 3.82. The van der Waals surface area contributed by atoms with Crippen molar-refractivity contribution in [1.29, 1.82) is 0 Å². The number of hydrogen-bond acceptors (Lipinski definition) is 2. The Labute approximate surface area is 147 Å². The SMILES string of the molecule is Cc1cc(C(=O)N2CCC(C(=O)O)C(C)C2)c(C)n1-c1ccccc1. The number of carboxylic acid groups (broad SMARTS) is 1. The Bertz CT molecular complexity index is 795. The molecule has 1 fully saturated rings. The molecule has 0 radical (unpaired) electrons. The Hall–Kier alpha value is -2.56. The highest BCUT2D eigenvalue weighted by molar-refractivity contribution is 5.96. The molecule has 1 aliphatic rings. The minimum absolute atomic E-state index is 0.00836. The van der Waals surface area contributed by atoms with Gasteiger partial charge in [-0.25, -0.2) is 0 Å². The average Bonchev–Trinajstić information content (AvgIpc) is 2.89. The van der Waals surface area contributed by atoms with E-state index >= 15 is 0 Å². The van der Waals surface area contributed by atoms with Gasteiger partial charge in [0.25, 0.3) is 5.91 Å². The smallest absolute Gasteiger partial charge is 0.306 e. The monoisotopic (exact) mass is 340 g/mol. The second kappa shape index (κ2) is 6.75. The predicted octanol–water partition coefficient (Wildman–Crippen LogP) is 3.28. The summed E-state index contributed by atoms with van der Waals surface area (Å²) in [5.41, 5.74) is 3.67. The van der Waals surface area contributed by atoms with Crippen LogP contribution >= 0.6 is 0 Å². The van der Waals surface area contributed by atoms with Gasteiger partial charge in [-0.05, 0) is 44.4 Å². The molecule has 5 nitrogen and oxygen atoms in total. The van der Waals surface area contributed by atoms with Gasteiger partial charge in [-0.1, -0.05) is 25.1 Å². The first-order valence-corrected chi connectivity index (χ1v) is 8.66. The van der Waals surface area contributed by atoms with Crippen LogP contribution in [0.25, 0.3) is 5.69 Å². The molecular formula is C20H24N2O3. The summed E-state index contributed by atoms with van der Waals surface area (Å²) < 4.78 is 2.08. The minimum atomic E-state index is -0.762. The lowest BCUT2D eigenvalue weighted by atomic mass is 9.87. The van der Waals surface area contributed by atoms with Gasteiger partial charge in [0.1, 0.15) is 0 Å². The highest BCUT2D eigenvalue weighted by atomic mass is 16.4. The molecule has 1 aromatic carbocycles. The summed E-state index contributed by atoms with van der Waals surface area (Å²) in [6, 6.07) is 11.9. The Balaban J connectivity index is 1.86.